The average molecular weight is 177 g/mol. The van der Waals surface area contributed by atoms with Gasteiger partial charge in [-0.2, -0.15) is 0 Å². The molecular formula is C11H12FN. The molecule has 0 saturated heterocycles. The van der Waals surface area contributed by atoms with Gasteiger partial charge in [0.05, 0.1) is 0 Å². The number of halogens is 1. The molecule has 0 spiro atoms. The minimum atomic E-state index is -0.0406. The maximum atomic E-state index is 13.3. The second kappa shape index (κ2) is 3.30. The highest BCUT2D eigenvalue weighted by molar-refractivity contribution is 5.72. The Morgan fingerprint density at radius 3 is 2.77 bits per heavy atom. The van der Waals surface area contributed by atoms with Crippen LogP contribution in [0.1, 0.15) is 17.5 Å². The molecule has 2 rings (SSSR count). The van der Waals surface area contributed by atoms with Crippen molar-refractivity contribution in [2.24, 2.45) is 5.73 Å². The molecule has 0 aromatic heterocycles. The summed E-state index contributed by atoms with van der Waals surface area (Å²) in [5.74, 6) is -0.0406. The van der Waals surface area contributed by atoms with E-state index in [4.69, 9.17) is 5.73 Å². The number of benzene rings is 1. The lowest BCUT2D eigenvalue weighted by Gasteiger charge is -2.17. The van der Waals surface area contributed by atoms with E-state index >= 15 is 0 Å². The van der Waals surface area contributed by atoms with E-state index in [0.717, 1.165) is 12.0 Å². The third-order valence-corrected chi connectivity index (χ3v) is 2.49. The van der Waals surface area contributed by atoms with Crippen LogP contribution in [0.3, 0.4) is 0 Å². The van der Waals surface area contributed by atoms with Crippen molar-refractivity contribution in [1.29, 1.82) is 0 Å². The van der Waals surface area contributed by atoms with E-state index in [1.165, 1.54) is 5.56 Å². The van der Waals surface area contributed by atoms with Gasteiger partial charge in [-0.1, -0.05) is 24.3 Å². The maximum Gasteiger partial charge on any atom is 0.105 e. The van der Waals surface area contributed by atoms with E-state index in [1.54, 1.807) is 0 Å². The van der Waals surface area contributed by atoms with Crippen molar-refractivity contribution in [3.63, 3.8) is 0 Å². The number of allylic oxidation sites excluding steroid dienone is 1. The van der Waals surface area contributed by atoms with Crippen LogP contribution in [0.25, 0.3) is 5.57 Å². The number of aryl methyl sites for hydroxylation is 1. The molecule has 0 radical (unpaired) electrons. The fourth-order valence-electron chi connectivity index (χ4n) is 1.79. The number of nitrogens with two attached hydrogens (primary N) is 1. The summed E-state index contributed by atoms with van der Waals surface area (Å²) in [4.78, 5) is 0. The molecule has 0 saturated carbocycles. The first-order valence-electron chi connectivity index (χ1n) is 4.49. The molecule has 0 aliphatic heterocycles. The van der Waals surface area contributed by atoms with Crippen LogP contribution in [0.4, 0.5) is 4.39 Å². The Bertz CT molecular complexity index is 355. The quantitative estimate of drug-likeness (QED) is 0.699. The third-order valence-electron chi connectivity index (χ3n) is 2.49. The van der Waals surface area contributed by atoms with Crippen LogP contribution in [0, 0.1) is 0 Å². The predicted octanol–water partition coefficient (Wildman–Crippen LogP) is 2.27. The van der Waals surface area contributed by atoms with Gasteiger partial charge in [0.1, 0.15) is 5.83 Å². The minimum absolute atomic E-state index is 0.0406. The summed E-state index contributed by atoms with van der Waals surface area (Å²) in [6.07, 6.45) is 1.30. The van der Waals surface area contributed by atoms with Gasteiger partial charge in [0.25, 0.3) is 0 Å². The Hall–Kier alpha value is -1.15. The van der Waals surface area contributed by atoms with Gasteiger partial charge in [0.15, 0.2) is 0 Å². The van der Waals surface area contributed by atoms with Crippen LogP contribution >= 0.6 is 0 Å². The molecule has 1 aliphatic carbocycles. The summed E-state index contributed by atoms with van der Waals surface area (Å²) in [7, 11) is 0. The Kier molecular flexibility index (Phi) is 2.15. The Morgan fingerprint density at radius 2 is 2.00 bits per heavy atom. The lowest BCUT2D eigenvalue weighted by atomic mass is 9.90. The molecular weight excluding hydrogens is 165 g/mol. The van der Waals surface area contributed by atoms with Crippen LogP contribution in [0.15, 0.2) is 30.1 Å². The second-order valence-electron chi connectivity index (χ2n) is 3.24. The van der Waals surface area contributed by atoms with Gasteiger partial charge in [0, 0.05) is 18.5 Å². The number of hydrogen-bond acceptors (Lipinski definition) is 1. The van der Waals surface area contributed by atoms with E-state index in [-0.39, 0.29) is 5.83 Å². The van der Waals surface area contributed by atoms with Gasteiger partial charge in [-0.15, -0.1) is 0 Å². The molecule has 2 heteroatoms. The van der Waals surface area contributed by atoms with Crippen LogP contribution < -0.4 is 5.73 Å². The fourth-order valence-corrected chi connectivity index (χ4v) is 1.79. The highest BCUT2D eigenvalue weighted by atomic mass is 19.1. The molecule has 13 heavy (non-hydrogen) atoms. The molecule has 0 fully saturated rings. The highest BCUT2D eigenvalue weighted by Crippen LogP contribution is 2.30. The summed E-state index contributed by atoms with van der Waals surface area (Å²) in [5.41, 5.74) is 8.40. The molecule has 0 amide bonds. The normalized spacial score (nSPS) is 15.8. The van der Waals surface area contributed by atoms with Gasteiger partial charge < -0.3 is 5.73 Å². The van der Waals surface area contributed by atoms with E-state index in [9.17, 15) is 4.39 Å². The Morgan fingerprint density at radius 1 is 1.23 bits per heavy atom. The summed E-state index contributed by atoms with van der Waals surface area (Å²) in [6.45, 7) is 0.294. The zero-order valence-electron chi connectivity index (χ0n) is 7.39. The van der Waals surface area contributed by atoms with Gasteiger partial charge in [0.2, 0.25) is 0 Å². The SMILES string of the molecule is NCC1=C(F)CCc2ccccc21. The molecule has 2 N–H and O–H groups in total. The van der Waals surface area contributed by atoms with Crippen molar-refractivity contribution < 1.29 is 4.39 Å². The first-order chi connectivity index (χ1) is 6.33. The second-order valence-corrected chi connectivity index (χ2v) is 3.24. The lowest BCUT2D eigenvalue weighted by molar-refractivity contribution is 0.583. The third kappa shape index (κ3) is 1.38. The van der Waals surface area contributed by atoms with Crippen LogP contribution in [0.5, 0.6) is 0 Å². The Labute approximate surface area is 77.1 Å². The number of rotatable bonds is 1. The van der Waals surface area contributed by atoms with Gasteiger partial charge in [-0.25, -0.2) is 4.39 Å². The van der Waals surface area contributed by atoms with Crippen molar-refractivity contribution in [3.05, 3.63) is 41.2 Å². The topological polar surface area (TPSA) is 26.0 Å². The van der Waals surface area contributed by atoms with Crippen molar-refractivity contribution in [3.8, 4) is 0 Å². The number of hydrogen-bond donors (Lipinski definition) is 1. The molecule has 0 atom stereocenters. The zero-order chi connectivity index (χ0) is 9.26. The molecule has 0 bridgehead atoms. The molecule has 0 heterocycles. The molecule has 1 nitrogen and oxygen atoms in total. The van der Waals surface area contributed by atoms with E-state index in [1.807, 2.05) is 24.3 Å². The number of fused-ring (bicyclic) bond motifs is 1. The molecule has 1 aromatic rings. The van der Waals surface area contributed by atoms with Crippen LogP contribution in [-0.2, 0) is 6.42 Å². The van der Waals surface area contributed by atoms with E-state index < -0.39 is 0 Å². The summed E-state index contributed by atoms with van der Waals surface area (Å²) in [6, 6.07) is 7.89. The smallest absolute Gasteiger partial charge is 0.105 e. The molecule has 1 aromatic carbocycles. The summed E-state index contributed by atoms with van der Waals surface area (Å²) in [5, 5.41) is 0. The molecule has 1 aliphatic rings. The molecule has 68 valence electrons. The standard InChI is InChI=1S/C11H12FN/c12-11-6-5-8-3-1-2-4-9(8)10(11)7-13/h1-4H,5-7,13H2. The maximum absolute atomic E-state index is 13.3. The summed E-state index contributed by atoms with van der Waals surface area (Å²) >= 11 is 0. The fraction of sp³-hybridized carbons (Fsp3) is 0.273. The zero-order valence-corrected chi connectivity index (χ0v) is 7.39. The van der Waals surface area contributed by atoms with E-state index in [0.29, 0.717) is 18.5 Å². The largest absolute Gasteiger partial charge is 0.326 e. The monoisotopic (exact) mass is 177 g/mol. The van der Waals surface area contributed by atoms with Crippen molar-refractivity contribution >= 4 is 5.57 Å². The van der Waals surface area contributed by atoms with Gasteiger partial charge in [-0.05, 0) is 17.5 Å². The minimum Gasteiger partial charge on any atom is -0.326 e. The highest BCUT2D eigenvalue weighted by Gasteiger charge is 2.16. The van der Waals surface area contributed by atoms with E-state index in [2.05, 4.69) is 0 Å². The van der Waals surface area contributed by atoms with Gasteiger partial charge >= 0.3 is 0 Å². The predicted molar refractivity (Wildman–Crippen MR) is 51.8 cm³/mol. The van der Waals surface area contributed by atoms with Crippen LogP contribution in [-0.4, -0.2) is 6.54 Å². The average Bonchev–Trinajstić information content (AvgIpc) is 2.18. The van der Waals surface area contributed by atoms with Crippen LogP contribution in [0.2, 0.25) is 0 Å². The van der Waals surface area contributed by atoms with Crippen molar-refractivity contribution in [1.82, 2.24) is 0 Å². The van der Waals surface area contributed by atoms with Crippen molar-refractivity contribution in [2.45, 2.75) is 12.8 Å². The summed E-state index contributed by atoms with van der Waals surface area (Å²) < 4.78 is 13.3. The lowest BCUT2D eigenvalue weighted by Crippen LogP contribution is -2.10. The van der Waals surface area contributed by atoms with Gasteiger partial charge in [-0.3, -0.25) is 0 Å². The molecule has 0 unspecified atom stereocenters. The first-order valence-corrected chi connectivity index (χ1v) is 4.49. The van der Waals surface area contributed by atoms with Crippen molar-refractivity contribution in [2.75, 3.05) is 6.54 Å². The first kappa shape index (κ1) is 8.45. The Balaban J connectivity index is 2.55.